The van der Waals surface area contributed by atoms with E-state index in [1.165, 1.54) is 32.4 Å². The molecule has 198 valence electrons. The van der Waals surface area contributed by atoms with Gasteiger partial charge in [0.15, 0.2) is 11.5 Å². The summed E-state index contributed by atoms with van der Waals surface area (Å²) in [7, 11) is -1.27. The first-order valence-corrected chi connectivity index (χ1v) is 13.4. The second kappa shape index (κ2) is 11.6. The third-order valence-corrected chi connectivity index (χ3v) is 7.90. The number of hydrogen-bond donors (Lipinski definition) is 1. The van der Waals surface area contributed by atoms with Gasteiger partial charge < -0.3 is 19.4 Å². The summed E-state index contributed by atoms with van der Waals surface area (Å²) in [5.41, 5.74) is 2.10. The van der Waals surface area contributed by atoms with Crippen molar-refractivity contribution in [3.05, 3.63) is 95.5 Å². The van der Waals surface area contributed by atoms with Crippen LogP contribution in [0.15, 0.2) is 84.0 Å². The zero-order valence-electron chi connectivity index (χ0n) is 21.1. The number of carbonyl (C=O) groups excluding carboxylic acids is 1. The predicted molar refractivity (Wildman–Crippen MR) is 146 cm³/mol. The molecule has 0 saturated carbocycles. The van der Waals surface area contributed by atoms with Gasteiger partial charge in [-0.05, 0) is 61.0 Å². The Morgan fingerprint density at radius 3 is 2.29 bits per heavy atom. The Labute approximate surface area is 226 Å². The number of aryl methyl sites for hydroxylation is 1. The van der Waals surface area contributed by atoms with E-state index in [1.807, 2.05) is 42.0 Å². The zero-order valence-corrected chi connectivity index (χ0v) is 22.7. The van der Waals surface area contributed by atoms with E-state index in [-0.39, 0.29) is 17.2 Å². The molecule has 3 aromatic carbocycles. The minimum atomic E-state index is -4.15. The van der Waals surface area contributed by atoms with Gasteiger partial charge in [0.05, 0.1) is 24.8 Å². The van der Waals surface area contributed by atoms with Crippen molar-refractivity contribution in [2.24, 2.45) is 0 Å². The summed E-state index contributed by atoms with van der Waals surface area (Å²) < 4.78 is 40.8. The Kier molecular flexibility index (Phi) is 8.23. The van der Waals surface area contributed by atoms with Gasteiger partial charge in [0, 0.05) is 35.7 Å². The molecule has 0 aliphatic carbocycles. The average molecular weight is 555 g/mol. The molecule has 0 aliphatic heterocycles. The minimum Gasteiger partial charge on any atom is -0.493 e. The van der Waals surface area contributed by atoms with Gasteiger partial charge in [-0.3, -0.25) is 9.10 Å². The Hall–Kier alpha value is -4.02. The third-order valence-electron chi connectivity index (χ3n) is 5.87. The van der Waals surface area contributed by atoms with Crippen LogP contribution in [0.5, 0.6) is 11.5 Å². The standard InChI is InChI=1S/C27H27ClN4O5S/c1-19-29-14-15-31(19)22-8-4-20(5-9-22)17-30-27(33)18-32(23-10-6-21(28)7-11-23)38(34,35)24-12-13-25(36-2)26(16-24)37-3/h4-16H,17-18H2,1-3H3,(H,30,33). The number of hydrogen-bond acceptors (Lipinski definition) is 6. The van der Waals surface area contributed by atoms with Gasteiger partial charge in [-0.2, -0.15) is 0 Å². The lowest BCUT2D eigenvalue weighted by Crippen LogP contribution is -2.40. The topological polar surface area (TPSA) is 103 Å². The Bertz CT molecular complexity index is 1520. The van der Waals surface area contributed by atoms with Crippen molar-refractivity contribution in [2.75, 3.05) is 25.1 Å². The van der Waals surface area contributed by atoms with E-state index >= 15 is 0 Å². The van der Waals surface area contributed by atoms with E-state index in [2.05, 4.69) is 10.3 Å². The van der Waals surface area contributed by atoms with Crippen LogP contribution in [-0.4, -0.2) is 44.6 Å². The van der Waals surface area contributed by atoms with E-state index < -0.39 is 22.5 Å². The number of benzene rings is 3. The van der Waals surface area contributed by atoms with Gasteiger partial charge in [-0.1, -0.05) is 23.7 Å². The van der Waals surface area contributed by atoms with Crippen molar-refractivity contribution >= 4 is 33.2 Å². The molecule has 0 bridgehead atoms. The number of ether oxygens (including phenoxy) is 2. The first-order valence-electron chi connectivity index (χ1n) is 11.6. The highest BCUT2D eigenvalue weighted by Gasteiger charge is 2.28. The molecule has 1 amide bonds. The van der Waals surface area contributed by atoms with Crippen LogP contribution in [-0.2, 0) is 21.4 Å². The molecule has 0 aliphatic rings. The van der Waals surface area contributed by atoms with E-state index in [1.54, 1.807) is 30.5 Å². The Balaban J connectivity index is 1.54. The number of imidazole rings is 1. The van der Waals surface area contributed by atoms with Crippen LogP contribution in [0.4, 0.5) is 5.69 Å². The molecule has 4 rings (SSSR count). The highest BCUT2D eigenvalue weighted by Crippen LogP contribution is 2.32. The van der Waals surface area contributed by atoms with Crippen LogP contribution < -0.4 is 19.1 Å². The molecule has 1 N–H and O–H groups in total. The normalized spacial score (nSPS) is 11.2. The molecule has 9 nitrogen and oxygen atoms in total. The Morgan fingerprint density at radius 1 is 1.00 bits per heavy atom. The quantitative estimate of drug-likeness (QED) is 0.312. The van der Waals surface area contributed by atoms with E-state index in [9.17, 15) is 13.2 Å². The largest absolute Gasteiger partial charge is 0.493 e. The van der Waals surface area contributed by atoms with Crippen molar-refractivity contribution in [3.8, 4) is 17.2 Å². The molecule has 4 aromatic rings. The maximum Gasteiger partial charge on any atom is 0.264 e. The van der Waals surface area contributed by atoms with Crippen LogP contribution in [0.3, 0.4) is 0 Å². The fourth-order valence-corrected chi connectivity index (χ4v) is 5.40. The number of nitrogens with one attached hydrogen (secondary N) is 1. The fraction of sp³-hybridized carbons (Fsp3) is 0.185. The van der Waals surface area contributed by atoms with Crippen LogP contribution in [0.2, 0.25) is 5.02 Å². The van der Waals surface area contributed by atoms with Crippen molar-refractivity contribution in [1.29, 1.82) is 0 Å². The second-order valence-electron chi connectivity index (χ2n) is 8.29. The fourth-order valence-electron chi connectivity index (χ4n) is 3.84. The maximum atomic E-state index is 13.7. The zero-order chi connectivity index (χ0) is 27.3. The molecular formula is C27H27ClN4O5S. The number of aromatic nitrogens is 2. The van der Waals surface area contributed by atoms with Crippen molar-refractivity contribution in [2.45, 2.75) is 18.4 Å². The molecule has 38 heavy (non-hydrogen) atoms. The van der Waals surface area contributed by atoms with Gasteiger partial charge in [0.1, 0.15) is 12.4 Å². The van der Waals surface area contributed by atoms with E-state index in [0.717, 1.165) is 21.4 Å². The van der Waals surface area contributed by atoms with Gasteiger partial charge in [-0.15, -0.1) is 0 Å². The number of methoxy groups -OCH3 is 2. The molecule has 0 fully saturated rings. The van der Waals surface area contributed by atoms with Crippen molar-refractivity contribution in [3.63, 3.8) is 0 Å². The highest BCUT2D eigenvalue weighted by atomic mass is 35.5. The molecule has 0 saturated heterocycles. The summed E-state index contributed by atoms with van der Waals surface area (Å²) in [6.45, 7) is 1.70. The molecular weight excluding hydrogens is 528 g/mol. The lowest BCUT2D eigenvalue weighted by molar-refractivity contribution is -0.119. The number of amides is 1. The molecule has 1 aromatic heterocycles. The smallest absolute Gasteiger partial charge is 0.264 e. The number of nitrogens with zero attached hydrogens (tertiary/aromatic N) is 3. The SMILES string of the molecule is COc1ccc(S(=O)(=O)N(CC(=O)NCc2ccc(-n3ccnc3C)cc2)c2ccc(Cl)cc2)cc1OC. The van der Waals surface area contributed by atoms with Crippen LogP contribution in [0.1, 0.15) is 11.4 Å². The average Bonchev–Trinajstić information content (AvgIpc) is 3.36. The van der Waals surface area contributed by atoms with Crippen molar-refractivity contribution < 1.29 is 22.7 Å². The van der Waals surface area contributed by atoms with E-state index in [0.29, 0.717) is 16.5 Å². The van der Waals surface area contributed by atoms with Crippen molar-refractivity contribution in [1.82, 2.24) is 14.9 Å². The summed E-state index contributed by atoms with van der Waals surface area (Å²) in [6, 6.07) is 18.1. The van der Waals surface area contributed by atoms with Gasteiger partial charge in [0.2, 0.25) is 5.91 Å². The minimum absolute atomic E-state index is 0.0525. The van der Waals surface area contributed by atoms with Gasteiger partial charge in [-0.25, -0.2) is 13.4 Å². The number of sulfonamides is 1. The Morgan fingerprint density at radius 2 is 1.68 bits per heavy atom. The second-order valence-corrected chi connectivity index (χ2v) is 10.6. The first kappa shape index (κ1) is 27.0. The lowest BCUT2D eigenvalue weighted by Gasteiger charge is -2.24. The van der Waals surface area contributed by atoms with Crippen LogP contribution in [0.25, 0.3) is 5.69 Å². The summed E-state index contributed by atoms with van der Waals surface area (Å²) in [4.78, 5) is 17.1. The number of halogens is 1. The number of rotatable bonds is 10. The third kappa shape index (κ3) is 5.92. The molecule has 11 heteroatoms. The molecule has 1 heterocycles. The van der Waals surface area contributed by atoms with Crippen LogP contribution >= 0.6 is 11.6 Å². The summed E-state index contributed by atoms with van der Waals surface area (Å²) in [5, 5.41) is 3.25. The lowest BCUT2D eigenvalue weighted by atomic mass is 10.2. The summed E-state index contributed by atoms with van der Waals surface area (Å²) in [6.07, 6.45) is 3.60. The first-order chi connectivity index (χ1) is 18.2. The maximum absolute atomic E-state index is 13.7. The summed E-state index contributed by atoms with van der Waals surface area (Å²) in [5.74, 6) is 1.03. The molecule has 0 radical (unpaired) electrons. The van der Waals surface area contributed by atoms with Gasteiger partial charge >= 0.3 is 0 Å². The van der Waals surface area contributed by atoms with E-state index in [4.69, 9.17) is 21.1 Å². The number of carbonyl (C=O) groups is 1. The molecule has 0 atom stereocenters. The number of anilines is 1. The highest BCUT2D eigenvalue weighted by molar-refractivity contribution is 7.92. The monoisotopic (exact) mass is 554 g/mol. The van der Waals surface area contributed by atoms with Gasteiger partial charge in [0.25, 0.3) is 10.0 Å². The predicted octanol–water partition coefficient (Wildman–Crippen LogP) is 4.36. The molecule has 0 unspecified atom stereocenters. The summed E-state index contributed by atoms with van der Waals surface area (Å²) >= 11 is 6.01. The molecule has 0 spiro atoms. The van der Waals surface area contributed by atoms with Crippen LogP contribution in [0, 0.1) is 6.92 Å².